The van der Waals surface area contributed by atoms with Gasteiger partial charge >= 0.3 is 71.8 Å². The lowest BCUT2D eigenvalue weighted by Crippen LogP contribution is -2.51. The summed E-state index contributed by atoms with van der Waals surface area (Å²) in [6.45, 7) is 5.73. The first-order valence-corrected chi connectivity index (χ1v) is 29.8. The molecular formula is C63H83FN6O24. The van der Waals surface area contributed by atoms with Crippen molar-refractivity contribution in [1.82, 2.24) is 31.9 Å². The summed E-state index contributed by atoms with van der Waals surface area (Å²) in [4.78, 5) is 171. The Morgan fingerprint density at radius 1 is 0.330 bits per heavy atom. The molecule has 0 fully saturated rings. The molecule has 0 aliphatic carbocycles. The molecule has 94 heavy (non-hydrogen) atoms. The highest BCUT2D eigenvalue weighted by Gasteiger charge is 2.29. The molecule has 3 aromatic carbocycles. The van der Waals surface area contributed by atoms with Crippen molar-refractivity contribution in [1.29, 1.82) is 0 Å². The number of benzene rings is 3. The number of aryl methyl sites for hydroxylation is 6. The Hall–Kier alpha value is -10.4. The molecule has 31 heteroatoms. The molecule has 0 aliphatic rings. The standard InChI is InChI=1S/C21H27FN2O8.2C21H28N2O8/c1-12-5-6-13(15(22)11-12)3-2-4-14(25)7-8-16(19(28)29)23-21(32)24-17(20(30)31)9-10-18(26)27;1-13-4-2-5-14(12-13)6-3-7-15(24)8-9-16(19(27)28)22-21(31)23-17(20(29)30)10-11-18(25)26;1-13-5-7-14(8-6-13)3-2-4-15(24)9-10-16(19(27)28)22-21(31)23-17(20(29)30)11-12-18(25)26/h5-6,11,16-17H,2-4,7-10H2,1H3,(H,26,27)(H,28,29)(H,30,31)(H2,23,24,32);2,4-5,12,16-17H,3,6-11H2,1H3,(H,25,26)(H,27,28)(H,29,30)(H2,22,23,31);5-8,16-17H,2-4,9-12H2,1H3,(H,25,26)(H,27,28)(H,29,30)(H2,22,23,31)/t3*16-,17-/m000/s1. The number of carboxylic acids is 9. The van der Waals surface area contributed by atoms with E-state index in [9.17, 15) is 91.6 Å². The summed E-state index contributed by atoms with van der Waals surface area (Å²) in [5.74, 6) is -13.0. The van der Waals surface area contributed by atoms with Crippen LogP contribution in [0.25, 0.3) is 0 Å². The van der Waals surface area contributed by atoms with Crippen molar-refractivity contribution in [3.63, 3.8) is 0 Å². The molecule has 516 valence electrons. The van der Waals surface area contributed by atoms with Gasteiger partial charge in [-0.15, -0.1) is 0 Å². The van der Waals surface area contributed by atoms with E-state index in [2.05, 4.69) is 16.0 Å². The minimum atomic E-state index is -1.51. The van der Waals surface area contributed by atoms with Gasteiger partial charge in [-0.1, -0.05) is 71.8 Å². The molecule has 6 amide bonds. The smallest absolute Gasteiger partial charge is 0.326 e. The summed E-state index contributed by atoms with van der Waals surface area (Å²) in [7, 11) is 0. The van der Waals surface area contributed by atoms with Crippen molar-refractivity contribution in [2.45, 2.75) is 192 Å². The number of amides is 6. The van der Waals surface area contributed by atoms with E-state index in [-0.39, 0.29) is 100 Å². The second-order valence-corrected chi connectivity index (χ2v) is 21.9. The Bertz CT molecular complexity index is 3100. The van der Waals surface area contributed by atoms with Gasteiger partial charge in [-0.2, -0.15) is 0 Å². The van der Waals surface area contributed by atoms with Gasteiger partial charge < -0.3 is 77.9 Å². The van der Waals surface area contributed by atoms with E-state index in [1.54, 1.807) is 19.1 Å². The number of carbonyl (C=O) groups excluding carboxylic acids is 6. The van der Waals surface area contributed by atoms with Gasteiger partial charge in [0.1, 0.15) is 59.4 Å². The highest BCUT2D eigenvalue weighted by atomic mass is 19.1. The summed E-state index contributed by atoms with van der Waals surface area (Å²) < 4.78 is 13.8. The number of ketones is 3. The third-order valence-corrected chi connectivity index (χ3v) is 13.9. The molecule has 0 unspecified atom stereocenters. The predicted molar refractivity (Wildman–Crippen MR) is 329 cm³/mol. The molecule has 3 aromatic rings. The van der Waals surface area contributed by atoms with Crippen molar-refractivity contribution in [2.75, 3.05) is 0 Å². The molecule has 0 bridgehead atoms. The Morgan fingerprint density at radius 2 is 0.617 bits per heavy atom. The third-order valence-electron chi connectivity index (χ3n) is 13.9. The maximum atomic E-state index is 13.8. The van der Waals surface area contributed by atoms with Gasteiger partial charge in [0.2, 0.25) is 0 Å². The minimum absolute atomic E-state index is 0.0491. The monoisotopic (exact) mass is 1330 g/mol. The zero-order chi connectivity index (χ0) is 71.0. The van der Waals surface area contributed by atoms with Gasteiger partial charge in [-0.05, 0) is 126 Å². The molecule has 0 saturated carbocycles. The molecule has 3 rings (SSSR count). The number of rotatable bonds is 42. The quantitative estimate of drug-likeness (QED) is 0.0340. The number of carboxylic acid groups (broad SMARTS) is 9. The molecule has 15 N–H and O–H groups in total. The number of urea groups is 3. The van der Waals surface area contributed by atoms with Crippen molar-refractivity contribution in [3.8, 4) is 0 Å². The molecule has 0 aromatic heterocycles. The average Bonchev–Trinajstić information content (AvgIpc) is 1.73. The molecule has 0 aliphatic heterocycles. The van der Waals surface area contributed by atoms with Gasteiger partial charge in [0.15, 0.2) is 0 Å². The molecule has 0 heterocycles. The maximum Gasteiger partial charge on any atom is 0.326 e. The van der Waals surface area contributed by atoms with Crippen LogP contribution in [0.1, 0.15) is 149 Å². The van der Waals surface area contributed by atoms with Crippen molar-refractivity contribution >= 4 is 89.2 Å². The van der Waals surface area contributed by atoms with Crippen LogP contribution < -0.4 is 31.9 Å². The molecular weight excluding hydrogens is 1240 g/mol. The number of carbonyl (C=O) groups is 15. The average molecular weight is 1330 g/mol. The molecule has 0 spiro atoms. The maximum absolute atomic E-state index is 13.8. The van der Waals surface area contributed by atoms with E-state index in [1.807, 2.05) is 78.3 Å². The zero-order valence-electron chi connectivity index (χ0n) is 52.2. The van der Waals surface area contributed by atoms with Crippen LogP contribution in [0.2, 0.25) is 0 Å². The van der Waals surface area contributed by atoms with Gasteiger partial charge in [0.25, 0.3) is 0 Å². The minimum Gasteiger partial charge on any atom is -0.481 e. The fraction of sp³-hybridized carbons (Fsp3) is 0.476. The van der Waals surface area contributed by atoms with E-state index in [4.69, 9.17) is 30.6 Å². The fourth-order valence-corrected chi connectivity index (χ4v) is 8.65. The first-order chi connectivity index (χ1) is 44.1. The van der Waals surface area contributed by atoms with Crippen LogP contribution in [0.3, 0.4) is 0 Å². The van der Waals surface area contributed by atoms with Gasteiger partial charge in [-0.3, -0.25) is 28.8 Å². The van der Waals surface area contributed by atoms with Crippen molar-refractivity contribution < 1.29 is 122 Å². The van der Waals surface area contributed by atoms with Crippen LogP contribution >= 0.6 is 0 Å². The highest BCUT2D eigenvalue weighted by molar-refractivity contribution is 5.89. The molecule has 6 atom stereocenters. The third kappa shape index (κ3) is 37.7. The zero-order valence-corrected chi connectivity index (χ0v) is 52.2. The first-order valence-electron chi connectivity index (χ1n) is 29.8. The van der Waals surface area contributed by atoms with Crippen LogP contribution in [0.5, 0.6) is 0 Å². The van der Waals surface area contributed by atoms with E-state index >= 15 is 0 Å². The van der Waals surface area contributed by atoms with Crippen molar-refractivity contribution in [2.24, 2.45) is 0 Å². The largest absolute Gasteiger partial charge is 0.481 e. The van der Waals surface area contributed by atoms with Gasteiger partial charge in [0, 0.05) is 57.8 Å². The van der Waals surface area contributed by atoms with Gasteiger partial charge in [-0.25, -0.2) is 47.5 Å². The van der Waals surface area contributed by atoms with E-state index < -0.39 is 127 Å². The topological polar surface area (TPSA) is 510 Å². The van der Waals surface area contributed by atoms with Gasteiger partial charge in [0.05, 0.1) is 0 Å². The Balaban J connectivity index is 0.000000705. The fourth-order valence-electron chi connectivity index (χ4n) is 8.65. The highest BCUT2D eigenvalue weighted by Crippen LogP contribution is 2.16. The lowest BCUT2D eigenvalue weighted by atomic mass is 10.0. The number of halogens is 1. The van der Waals surface area contributed by atoms with Crippen LogP contribution in [-0.2, 0) is 76.8 Å². The van der Waals surface area contributed by atoms with Crippen molar-refractivity contribution in [3.05, 3.63) is 106 Å². The summed E-state index contributed by atoms with van der Waals surface area (Å²) in [5.41, 5.74) is 5.77. The van der Waals surface area contributed by atoms with Crippen LogP contribution in [0, 0.1) is 26.6 Å². The predicted octanol–water partition coefficient (Wildman–Crippen LogP) is 5.35. The van der Waals surface area contributed by atoms with Crippen LogP contribution in [-0.4, -0.2) is 171 Å². The summed E-state index contributed by atoms with van der Waals surface area (Å²) >= 11 is 0. The lowest BCUT2D eigenvalue weighted by Gasteiger charge is -2.18. The Kier molecular flexibility index (Phi) is 38.4. The Morgan fingerprint density at radius 3 is 0.915 bits per heavy atom. The summed E-state index contributed by atoms with van der Waals surface area (Å²) in [5, 5.41) is 93.1. The van der Waals surface area contributed by atoms with E-state index in [1.165, 1.54) is 6.07 Å². The molecule has 0 radical (unpaired) electrons. The number of Topliss-reactive ketones (excluding diaryl/α,β-unsaturated/α-hetero) is 3. The molecule has 0 saturated heterocycles. The summed E-state index contributed by atoms with van der Waals surface area (Å²) in [6.07, 6.45) is 0.837. The van der Waals surface area contributed by atoms with E-state index in [0.29, 0.717) is 31.2 Å². The van der Waals surface area contributed by atoms with Crippen LogP contribution in [0.15, 0.2) is 66.7 Å². The number of aliphatic carboxylic acids is 9. The molecule has 30 nitrogen and oxygen atoms in total. The number of nitrogens with one attached hydrogen (secondary N) is 6. The summed E-state index contributed by atoms with van der Waals surface area (Å²) in [6, 6.07) is 8.83. The lowest BCUT2D eigenvalue weighted by molar-refractivity contribution is -0.142. The normalized spacial score (nSPS) is 12.4. The van der Waals surface area contributed by atoms with Crippen LogP contribution in [0.4, 0.5) is 18.8 Å². The second kappa shape index (κ2) is 44.2. The number of hydrogen-bond acceptors (Lipinski definition) is 15. The Labute approximate surface area is 539 Å². The van der Waals surface area contributed by atoms with E-state index in [0.717, 1.165) is 40.7 Å². The second-order valence-electron chi connectivity index (χ2n) is 21.9. The SMILES string of the molecule is Cc1ccc(CCCC(=O)CC[C@H](NC(=O)N[C@@H](CCC(=O)O)C(=O)O)C(=O)O)c(F)c1.Cc1ccc(CCCC(=O)CC[C@H](NC(=O)N[C@@H](CCC(=O)O)C(=O)O)C(=O)O)cc1.Cc1cccc(CCCC(=O)CC[C@H](NC(=O)N[C@@H](CCC(=O)O)C(=O)O)C(=O)O)c1. The first kappa shape index (κ1) is 81.7. The number of hydrogen-bond donors (Lipinski definition) is 15.